The molecule has 1 unspecified atom stereocenters. The third-order valence-electron chi connectivity index (χ3n) is 2.31. The zero-order valence-corrected chi connectivity index (χ0v) is 13.3. The van der Waals surface area contributed by atoms with E-state index >= 15 is 0 Å². The molecule has 21 heavy (non-hydrogen) atoms. The lowest BCUT2D eigenvalue weighted by molar-refractivity contribution is -0.385. The summed E-state index contributed by atoms with van der Waals surface area (Å²) in [6.45, 7) is 0.977. The highest BCUT2D eigenvalue weighted by Gasteiger charge is 2.27. The fourth-order valence-electron chi connectivity index (χ4n) is 1.50. The number of hydrogen-bond acceptors (Lipinski definition) is 7. The quantitative estimate of drug-likeness (QED) is 0.409. The summed E-state index contributed by atoms with van der Waals surface area (Å²) in [6, 6.07) is 7.55. The van der Waals surface area contributed by atoms with Crippen molar-refractivity contribution >= 4 is 24.2 Å². The van der Waals surface area contributed by atoms with Crippen LogP contribution in [0.25, 0.3) is 0 Å². The second kappa shape index (κ2) is 8.17. The normalized spacial score (nSPS) is 12.6. The minimum Gasteiger partial charge on any atom is -0.309 e. The zero-order chi connectivity index (χ0) is 15.9. The zero-order valence-electron chi connectivity index (χ0n) is 11.6. The van der Waals surface area contributed by atoms with E-state index in [1.54, 1.807) is 19.9 Å². The molecule has 1 rings (SSSR count). The maximum Gasteiger partial charge on any atom is 0.328 e. The van der Waals surface area contributed by atoms with Gasteiger partial charge in [-0.05, 0) is 25.7 Å². The molecule has 1 aromatic carbocycles. The van der Waals surface area contributed by atoms with Crippen molar-refractivity contribution in [1.82, 2.24) is 0 Å². The Balaban J connectivity index is 3.02. The van der Waals surface area contributed by atoms with E-state index in [4.69, 9.17) is 25.4 Å². The fraction of sp³-hybridized carbons (Fsp3) is 0.417. The Morgan fingerprint density at radius 1 is 1.43 bits per heavy atom. The molecule has 0 aliphatic heterocycles. The van der Waals surface area contributed by atoms with Crippen LogP contribution in [0.15, 0.2) is 24.3 Å². The van der Waals surface area contributed by atoms with E-state index in [2.05, 4.69) is 0 Å². The Bertz CT molecular complexity index is 579. The van der Waals surface area contributed by atoms with E-state index in [1.807, 2.05) is 6.07 Å². The number of rotatable bonds is 8. The van der Waals surface area contributed by atoms with Gasteiger partial charge in [0.1, 0.15) is 0 Å². The van der Waals surface area contributed by atoms with E-state index in [0.29, 0.717) is 5.56 Å². The predicted molar refractivity (Wildman–Crippen MR) is 80.1 cm³/mol. The van der Waals surface area contributed by atoms with Crippen molar-refractivity contribution in [2.75, 3.05) is 13.2 Å². The molecule has 0 radical (unpaired) electrons. The summed E-state index contributed by atoms with van der Waals surface area (Å²) >= 11 is 5.19. The molecule has 0 aliphatic rings. The number of benzene rings is 1. The molecule has 0 amide bonds. The van der Waals surface area contributed by atoms with Gasteiger partial charge in [0.15, 0.2) is 6.10 Å². The van der Waals surface area contributed by atoms with Gasteiger partial charge >= 0.3 is 6.72 Å². The van der Waals surface area contributed by atoms with E-state index in [9.17, 15) is 15.4 Å². The predicted octanol–water partition coefficient (Wildman–Crippen LogP) is 3.47. The summed E-state index contributed by atoms with van der Waals surface area (Å²) in [5, 5.41) is 20.0. The van der Waals surface area contributed by atoms with Crippen molar-refractivity contribution < 1.29 is 18.5 Å². The first-order chi connectivity index (χ1) is 9.95. The van der Waals surface area contributed by atoms with Crippen molar-refractivity contribution in [1.29, 1.82) is 5.26 Å². The molecule has 9 heteroatoms. The molecule has 0 N–H and O–H groups in total. The van der Waals surface area contributed by atoms with Gasteiger partial charge in [0, 0.05) is 17.7 Å². The SMILES string of the molecule is CCOP(=S)(OCC)OC(C#N)c1cccc([N+](=O)[O-])c1. The minimum atomic E-state index is -3.06. The first-order valence-corrected chi connectivity index (χ1v) is 8.72. The number of nitriles is 1. The summed E-state index contributed by atoms with van der Waals surface area (Å²) < 4.78 is 16.1. The van der Waals surface area contributed by atoms with Crippen molar-refractivity contribution in [2.24, 2.45) is 0 Å². The molecule has 0 saturated carbocycles. The van der Waals surface area contributed by atoms with Crippen LogP contribution in [-0.2, 0) is 25.4 Å². The highest BCUT2D eigenvalue weighted by Crippen LogP contribution is 2.53. The van der Waals surface area contributed by atoms with Crippen LogP contribution in [0.3, 0.4) is 0 Å². The van der Waals surface area contributed by atoms with E-state index < -0.39 is 17.7 Å². The molecule has 7 nitrogen and oxygen atoms in total. The lowest BCUT2D eigenvalue weighted by Gasteiger charge is -2.23. The maximum absolute atomic E-state index is 10.8. The largest absolute Gasteiger partial charge is 0.328 e. The first kappa shape index (κ1) is 17.7. The molecule has 0 heterocycles. The monoisotopic (exact) mass is 330 g/mol. The molecule has 0 fully saturated rings. The molecular weight excluding hydrogens is 315 g/mol. The Kier molecular flexibility index (Phi) is 6.89. The van der Waals surface area contributed by atoms with Crippen molar-refractivity contribution in [2.45, 2.75) is 20.0 Å². The lowest BCUT2D eigenvalue weighted by atomic mass is 10.1. The maximum atomic E-state index is 10.8. The van der Waals surface area contributed by atoms with Crippen molar-refractivity contribution in [3.8, 4) is 6.07 Å². The Labute approximate surface area is 127 Å². The van der Waals surface area contributed by atoms with Crippen molar-refractivity contribution in [3.05, 3.63) is 39.9 Å². The smallest absolute Gasteiger partial charge is 0.309 e. The van der Waals surface area contributed by atoms with Crippen LogP contribution in [0.2, 0.25) is 0 Å². The van der Waals surface area contributed by atoms with E-state index in [-0.39, 0.29) is 18.9 Å². The van der Waals surface area contributed by atoms with E-state index in [0.717, 1.165) is 0 Å². The average Bonchev–Trinajstić information content (AvgIpc) is 2.45. The van der Waals surface area contributed by atoms with Crippen molar-refractivity contribution in [3.63, 3.8) is 0 Å². The molecule has 0 bridgehead atoms. The highest BCUT2D eigenvalue weighted by molar-refractivity contribution is 8.07. The van der Waals surface area contributed by atoms with Gasteiger partial charge in [0.05, 0.1) is 24.2 Å². The number of non-ortho nitro benzene ring substituents is 1. The van der Waals surface area contributed by atoms with Gasteiger partial charge in [-0.3, -0.25) is 14.6 Å². The summed E-state index contributed by atoms with van der Waals surface area (Å²) in [6.07, 6.45) is -1.09. The molecule has 1 atom stereocenters. The van der Waals surface area contributed by atoms with Crippen LogP contribution in [0.4, 0.5) is 5.69 Å². The lowest BCUT2D eigenvalue weighted by Crippen LogP contribution is -2.05. The van der Waals surface area contributed by atoms with Crippen LogP contribution in [0, 0.1) is 21.4 Å². The van der Waals surface area contributed by atoms with Gasteiger partial charge in [-0.25, -0.2) is 0 Å². The topological polar surface area (TPSA) is 94.6 Å². The molecular formula is C12H15N2O5PS. The van der Waals surface area contributed by atoms with Crippen LogP contribution in [0.5, 0.6) is 0 Å². The Hall–Kier alpha value is -1.36. The van der Waals surface area contributed by atoms with Gasteiger partial charge in [-0.15, -0.1) is 0 Å². The van der Waals surface area contributed by atoms with Gasteiger partial charge in [-0.1, -0.05) is 12.1 Å². The Morgan fingerprint density at radius 3 is 2.52 bits per heavy atom. The third kappa shape index (κ3) is 5.16. The first-order valence-electron chi connectivity index (χ1n) is 6.17. The summed E-state index contributed by atoms with van der Waals surface area (Å²) in [5.41, 5.74) is 0.206. The fourth-order valence-corrected chi connectivity index (χ4v) is 3.65. The number of nitro benzene ring substituents is 1. The van der Waals surface area contributed by atoms with Gasteiger partial charge in [0.2, 0.25) is 0 Å². The molecule has 0 aliphatic carbocycles. The second-order valence-corrected chi connectivity index (χ2v) is 6.71. The summed E-state index contributed by atoms with van der Waals surface area (Å²) in [5.74, 6) is 0. The van der Waals surface area contributed by atoms with Gasteiger partial charge in [-0.2, -0.15) is 5.26 Å². The molecule has 114 valence electrons. The van der Waals surface area contributed by atoms with Gasteiger partial charge in [0.25, 0.3) is 5.69 Å². The third-order valence-corrected chi connectivity index (χ3v) is 4.82. The number of nitrogens with zero attached hydrogens (tertiary/aromatic N) is 2. The minimum absolute atomic E-state index is 0.127. The van der Waals surface area contributed by atoms with Crippen LogP contribution < -0.4 is 0 Å². The van der Waals surface area contributed by atoms with Gasteiger partial charge < -0.3 is 9.05 Å². The molecule has 0 spiro atoms. The van der Waals surface area contributed by atoms with Crippen LogP contribution in [0.1, 0.15) is 25.5 Å². The second-order valence-electron chi connectivity index (χ2n) is 3.75. The van der Waals surface area contributed by atoms with E-state index in [1.165, 1.54) is 18.2 Å². The average molecular weight is 330 g/mol. The molecule has 0 saturated heterocycles. The molecule has 1 aromatic rings. The standard InChI is InChI=1S/C12H15N2O5PS/c1-3-17-20(21,18-4-2)19-12(9-13)10-6-5-7-11(8-10)14(15)16/h5-8,12H,3-4H2,1-2H3. The van der Waals surface area contributed by atoms with Crippen LogP contribution >= 0.6 is 6.72 Å². The molecule has 0 aromatic heterocycles. The number of nitro groups is 1. The Morgan fingerprint density at radius 2 is 2.05 bits per heavy atom. The highest BCUT2D eigenvalue weighted by atomic mass is 32.5. The van der Waals surface area contributed by atoms with Crippen LogP contribution in [-0.4, -0.2) is 18.1 Å². The summed E-state index contributed by atoms with van der Waals surface area (Å²) in [7, 11) is 0. The summed E-state index contributed by atoms with van der Waals surface area (Å²) in [4.78, 5) is 10.2. The number of hydrogen-bond donors (Lipinski definition) is 0.